The minimum atomic E-state index is -1.80. The van der Waals surface area contributed by atoms with Gasteiger partial charge in [0.15, 0.2) is 4.98 Å². The van der Waals surface area contributed by atoms with E-state index in [9.17, 15) is 9.35 Å². The maximum atomic E-state index is 12.7. The maximum absolute atomic E-state index is 12.7. The van der Waals surface area contributed by atoms with Crippen LogP contribution in [0.3, 0.4) is 0 Å². The quantitative estimate of drug-likeness (QED) is 0.483. The van der Waals surface area contributed by atoms with E-state index < -0.39 is 33.1 Å². The molecule has 0 bridgehead atoms. The van der Waals surface area contributed by atoms with Crippen molar-refractivity contribution >= 4 is 21.7 Å². The molecule has 3 rings (SSSR count). The van der Waals surface area contributed by atoms with Crippen LogP contribution in [0.4, 0.5) is 0 Å². The van der Waals surface area contributed by atoms with Crippen molar-refractivity contribution < 1.29 is 14.1 Å². The lowest BCUT2D eigenvalue weighted by atomic mass is 10.0. The van der Waals surface area contributed by atoms with Crippen LogP contribution < -0.4 is 0 Å². The normalized spacial score (nSPS) is 24.5. The number of ether oxygens (including phenoxy) is 1. The van der Waals surface area contributed by atoms with Crippen LogP contribution in [0.2, 0.25) is 0 Å². The summed E-state index contributed by atoms with van der Waals surface area (Å²) in [5.74, 6) is -0.859. The minimum Gasteiger partial charge on any atom is -0.796 e. The summed E-state index contributed by atoms with van der Waals surface area (Å²) in [7, 11) is -1.80. The molecular weight excluding hydrogens is 300 g/mol. The molecule has 3 atom stereocenters. The molecule has 0 N–H and O–H groups in total. The number of diazo groups is 1. The molecular formula is C16H12N2O3S. The van der Waals surface area contributed by atoms with Crippen LogP contribution in [0.1, 0.15) is 22.5 Å². The molecule has 2 aromatic carbocycles. The second-order valence-electron chi connectivity index (χ2n) is 4.77. The van der Waals surface area contributed by atoms with Gasteiger partial charge in [-0.15, -0.1) is 0 Å². The van der Waals surface area contributed by atoms with E-state index in [0.29, 0.717) is 0 Å². The zero-order valence-electron chi connectivity index (χ0n) is 11.5. The predicted octanol–water partition coefficient (Wildman–Crippen LogP) is 3.41. The summed E-state index contributed by atoms with van der Waals surface area (Å²) in [6, 6.07) is 18.2. The average molecular weight is 312 g/mol. The smallest absolute Gasteiger partial charge is 0.481 e. The van der Waals surface area contributed by atoms with Gasteiger partial charge in [-0.3, -0.25) is 0 Å². The first-order chi connectivity index (χ1) is 10.7. The summed E-state index contributed by atoms with van der Waals surface area (Å²) < 4.78 is 18.1. The molecule has 1 heterocycles. The highest BCUT2D eigenvalue weighted by molar-refractivity contribution is 8.12. The van der Waals surface area contributed by atoms with E-state index in [1.807, 2.05) is 60.7 Å². The Bertz CT molecular complexity index is 769. The Balaban J connectivity index is 2.15. The Morgan fingerprint density at radius 3 is 2.09 bits per heavy atom. The molecule has 110 valence electrons. The van der Waals surface area contributed by atoms with Gasteiger partial charge in [0.2, 0.25) is 5.39 Å². The Hall–Kier alpha value is -2.49. The molecule has 5 nitrogen and oxygen atoms in total. The van der Waals surface area contributed by atoms with E-state index in [0.717, 1.165) is 11.1 Å². The largest absolute Gasteiger partial charge is 0.796 e. The first-order valence-corrected chi connectivity index (χ1v) is 7.87. The molecule has 6 heteroatoms. The van der Waals surface area contributed by atoms with Gasteiger partial charge in [-0.25, -0.2) is 4.79 Å². The molecule has 0 saturated heterocycles. The molecule has 0 amide bonds. The number of benzene rings is 2. The lowest BCUT2D eigenvalue weighted by molar-refractivity contribution is -0.141. The molecule has 0 aromatic heterocycles. The SMILES string of the molecule is N#[N+]C1=S([O-])[C@@H](c2ccccc2)[C@@H](c2ccccc2)OC1=O. The van der Waals surface area contributed by atoms with Gasteiger partial charge in [-0.1, -0.05) is 60.7 Å². The number of hydrogen-bond acceptors (Lipinski definition) is 4. The number of hydrogen-bond donors (Lipinski definition) is 0. The molecule has 0 saturated carbocycles. The topological polar surface area (TPSA) is 77.5 Å². The fourth-order valence-corrected chi connectivity index (χ4v) is 3.82. The summed E-state index contributed by atoms with van der Waals surface area (Å²) in [5, 5.41) is 8.33. The van der Waals surface area contributed by atoms with E-state index in [4.69, 9.17) is 10.1 Å². The summed E-state index contributed by atoms with van der Waals surface area (Å²) in [5.41, 5.74) is 1.50. The van der Waals surface area contributed by atoms with Crippen molar-refractivity contribution in [1.82, 2.24) is 0 Å². The van der Waals surface area contributed by atoms with Crippen molar-refractivity contribution in [3.05, 3.63) is 76.8 Å². The first-order valence-electron chi connectivity index (χ1n) is 6.66. The Morgan fingerprint density at radius 2 is 1.55 bits per heavy atom. The Kier molecular flexibility index (Phi) is 4.00. The Morgan fingerprint density at radius 1 is 1.00 bits per heavy atom. The second kappa shape index (κ2) is 6.10. The third-order valence-electron chi connectivity index (χ3n) is 3.45. The fraction of sp³-hybridized carbons (Fsp3) is 0.125. The third kappa shape index (κ3) is 2.52. The lowest BCUT2D eigenvalue weighted by Gasteiger charge is -2.34. The van der Waals surface area contributed by atoms with Gasteiger partial charge in [0.1, 0.15) is 6.10 Å². The molecule has 2 aromatic rings. The van der Waals surface area contributed by atoms with Gasteiger partial charge in [0.05, 0.1) is 5.25 Å². The van der Waals surface area contributed by atoms with E-state index in [1.165, 1.54) is 0 Å². The molecule has 1 aliphatic heterocycles. The molecule has 1 unspecified atom stereocenters. The monoisotopic (exact) mass is 312 g/mol. The van der Waals surface area contributed by atoms with Crippen molar-refractivity contribution in [3.8, 4) is 0 Å². The van der Waals surface area contributed by atoms with Gasteiger partial charge < -0.3 is 9.29 Å². The van der Waals surface area contributed by atoms with E-state index in [2.05, 4.69) is 4.98 Å². The maximum Gasteiger partial charge on any atom is 0.481 e. The average Bonchev–Trinajstić information content (AvgIpc) is 2.56. The van der Waals surface area contributed by atoms with E-state index in [-0.39, 0.29) is 0 Å². The van der Waals surface area contributed by atoms with Crippen molar-refractivity contribution in [2.24, 2.45) is 0 Å². The van der Waals surface area contributed by atoms with Crippen molar-refractivity contribution in [1.29, 1.82) is 5.39 Å². The van der Waals surface area contributed by atoms with Crippen molar-refractivity contribution in [2.75, 3.05) is 0 Å². The number of carbonyl (C=O) groups excluding carboxylic acids is 1. The van der Waals surface area contributed by atoms with Crippen molar-refractivity contribution in [2.45, 2.75) is 11.4 Å². The third-order valence-corrected chi connectivity index (χ3v) is 5.06. The Labute approximate surface area is 129 Å². The predicted molar refractivity (Wildman–Crippen MR) is 82.9 cm³/mol. The summed E-state index contributed by atoms with van der Waals surface area (Å²) in [6.07, 6.45) is -0.692. The minimum absolute atomic E-state index is 0.457. The molecule has 0 spiro atoms. The molecule has 0 aliphatic carbocycles. The summed E-state index contributed by atoms with van der Waals surface area (Å²) in [6.45, 7) is 0. The van der Waals surface area contributed by atoms with Gasteiger partial charge in [-0.2, -0.15) is 10.8 Å². The van der Waals surface area contributed by atoms with Crippen LogP contribution in [0.25, 0.3) is 4.98 Å². The van der Waals surface area contributed by atoms with Gasteiger partial charge in [0.25, 0.3) is 0 Å². The highest BCUT2D eigenvalue weighted by Crippen LogP contribution is 2.48. The molecule has 1 aliphatic rings. The van der Waals surface area contributed by atoms with E-state index >= 15 is 0 Å². The van der Waals surface area contributed by atoms with Crippen LogP contribution in [0.15, 0.2) is 60.7 Å². The lowest BCUT2D eigenvalue weighted by Crippen LogP contribution is -2.28. The second-order valence-corrected chi connectivity index (χ2v) is 6.26. The number of esters is 1. The van der Waals surface area contributed by atoms with Crippen LogP contribution in [0.5, 0.6) is 0 Å². The first kappa shape index (κ1) is 14.4. The van der Waals surface area contributed by atoms with Crippen LogP contribution in [-0.2, 0) is 9.53 Å². The number of nitrogens with zero attached hydrogens (tertiary/aromatic N) is 2. The molecule has 0 fully saturated rings. The van der Waals surface area contributed by atoms with Crippen LogP contribution in [-0.4, -0.2) is 15.5 Å². The van der Waals surface area contributed by atoms with Crippen molar-refractivity contribution in [3.63, 3.8) is 0 Å². The number of rotatable bonds is 2. The van der Waals surface area contributed by atoms with Gasteiger partial charge >= 0.3 is 11.0 Å². The summed E-state index contributed by atoms with van der Waals surface area (Å²) in [4.78, 5) is 14.3. The zero-order chi connectivity index (χ0) is 15.5. The van der Waals surface area contributed by atoms with Gasteiger partial charge in [0, 0.05) is 0 Å². The van der Waals surface area contributed by atoms with E-state index in [1.54, 1.807) is 0 Å². The molecule has 22 heavy (non-hydrogen) atoms. The summed E-state index contributed by atoms with van der Waals surface area (Å²) >= 11 is 0. The van der Waals surface area contributed by atoms with Crippen LogP contribution in [0, 0.1) is 5.39 Å². The highest BCUT2D eigenvalue weighted by atomic mass is 32.2. The fourth-order valence-electron chi connectivity index (χ4n) is 2.45. The van der Waals surface area contributed by atoms with Crippen LogP contribution >= 0.6 is 10.8 Å². The zero-order valence-corrected chi connectivity index (χ0v) is 12.3. The highest BCUT2D eigenvalue weighted by Gasteiger charge is 2.41. The standard InChI is InChI=1S/C16H12N2O3S/c17-18-15-16(19)21-13(11-7-3-1-4-8-11)14(22(15)20)12-9-5-2-6-10-12/h1-10,13-14H/t13-,14+,22?/m1/s1. The molecule has 0 radical (unpaired) electrons. The number of carbonyl (C=O) groups is 1. The van der Waals surface area contributed by atoms with Gasteiger partial charge in [-0.05, 0) is 11.1 Å². The number of cyclic esters (lactones) is 1.